The summed E-state index contributed by atoms with van der Waals surface area (Å²) >= 11 is 0. The first-order chi connectivity index (χ1) is 8.61. The monoisotopic (exact) mass is 284 g/mol. The van der Waals surface area contributed by atoms with Gasteiger partial charge in [0.1, 0.15) is 0 Å². The summed E-state index contributed by atoms with van der Waals surface area (Å²) in [6, 6.07) is 5.48. The van der Waals surface area contributed by atoms with Gasteiger partial charge in [-0.15, -0.1) is 12.4 Å². The molecule has 1 fully saturated rings. The number of carbonyl (C=O) groups excluding carboxylic acids is 1. The number of amides is 1. The van der Waals surface area contributed by atoms with Gasteiger partial charge in [-0.1, -0.05) is 6.07 Å². The predicted molar refractivity (Wildman–Crippen MR) is 78.7 cm³/mol. The minimum Gasteiger partial charge on any atom is -0.399 e. The summed E-state index contributed by atoms with van der Waals surface area (Å²) in [6.45, 7) is 4.25. The van der Waals surface area contributed by atoms with E-state index in [2.05, 4.69) is 0 Å². The molecule has 1 aliphatic rings. The number of nitrogens with zero attached hydrogens (tertiary/aromatic N) is 1. The first kappa shape index (κ1) is 15.8. The zero-order valence-corrected chi connectivity index (χ0v) is 12.2. The fourth-order valence-corrected chi connectivity index (χ4v) is 2.43. The van der Waals surface area contributed by atoms with Gasteiger partial charge in [0.25, 0.3) is 5.91 Å². The van der Waals surface area contributed by atoms with E-state index in [1.165, 1.54) is 0 Å². The molecule has 0 radical (unpaired) electrons. The van der Waals surface area contributed by atoms with Crippen LogP contribution in [-0.2, 0) is 4.74 Å². The molecule has 106 valence electrons. The van der Waals surface area contributed by atoms with Crippen LogP contribution >= 0.6 is 12.4 Å². The average Bonchev–Trinajstić information content (AvgIpc) is 2.80. The van der Waals surface area contributed by atoms with Crippen LogP contribution in [0.25, 0.3) is 0 Å². The summed E-state index contributed by atoms with van der Waals surface area (Å²) in [5, 5.41) is 0. The van der Waals surface area contributed by atoms with Crippen LogP contribution in [0.15, 0.2) is 18.2 Å². The summed E-state index contributed by atoms with van der Waals surface area (Å²) in [6.07, 6.45) is 1.01. The number of rotatable bonds is 3. The van der Waals surface area contributed by atoms with Crippen molar-refractivity contribution in [2.45, 2.75) is 13.3 Å². The van der Waals surface area contributed by atoms with E-state index in [0.717, 1.165) is 31.7 Å². The molecule has 1 unspecified atom stereocenters. The average molecular weight is 285 g/mol. The van der Waals surface area contributed by atoms with E-state index >= 15 is 0 Å². The van der Waals surface area contributed by atoms with Crippen molar-refractivity contribution in [2.75, 3.05) is 32.5 Å². The van der Waals surface area contributed by atoms with Gasteiger partial charge in [-0.3, -0.25) is 4.79 Å². The molecule has 19 heavy (non-hydrogen) atoms. The first-order valence-corrected chi connectivity index (χ1v) is 6.26. The van der Waals surface area contributed by atoms with Crippen molar-refractivity contribution in [3.8, 4) is 0 Å². The zero-order valence-electron chi connectivity index (χ0n) is 11.4. The molecule has 1 saturated heterocycles. The van der Waals surface area contributed by atoms with Crippen molar-refractivity contribution < 1.29 is 9.53 Å². The zero-order chi connectivity index (χ0) is 13.1. The van der Waals surface area contributed by atoms with Gasteiger partial charge in [-0.25, -0.2) is 0 Å². The summed E-state index contributed by atoms with van der Waals surface area (Å²) < 4.78 is 5.14. The maximum Gasteiger partial charge on any atom is 0.254 e. The van der Waals surface area contributed by atoms with E-state index in [1.807, 2.05) is 24.0 Å². The van der Waals surface area contributed by atoms with Gasteiger partial charge in [0.05, 0.1) is 6.61 Å². The molecule has 4 nitrogen and oxygen atoms in total. The highest BCUT2D eigenvalue weighted by Crippen LogP contribution is 2.21. The Labute approximate surface area is 120 Å². The molecule has 1 aromatic rings. The van der Waals surface area contributed by atoms with Crippen LogP contribution < -0.4 is 5.73 Å². The first-order valence-electron chi connectivity index (χ1n) is 6.26. The van der Waals surface area contributed by atoms with E-state index in [9.17, 15) is 4.79 Å². The van der Waals surface area contributed by atoms with Gasteiger partial charge in [0, 0.05) is 37.4 Å². The van der Waals surface area contributed by atoms with Crippen LogP contribution in [0.3, 0.4) is 0 Å². The Balaban J connectivity index is 0.00000180. The Bertz CT molecular complexity index is 451. The number of aryl methyl sites for hydroxylation is 1. The quantitative estimate of drug-likeness (QED) is 0.865. The highest BCUT2D eigenvalue weighted by Gasteiger charge is 2.27. The lowest BCUT2D eigenvalue weighted by molar-refractivity contribution is 0.0775. The highest BCUT2D eigenvalue weighted by atomic mass is 35.5. The number of methoxy groups -OCH3 is 1. The number of hydrogen-bond donors (Lipinski definition) is 1. The van der Waals surface area contributed by atoms with Gasteiger partial charge in [-0.2, -0.15) is 0 Å². The smallest absolute Gasteiger partial charge is 0.254 e. The Hall–Kier alpha value is -1.26. The van der Waals surface area contributed by atoms with Gasteiger partial charge in [-0.05, 0) is 31.0 Å². The van der Waals surface area contributed by atoms with E-state index < -0.39 is 0 Å². The van der Waals surface area contributed by atoms with E-state index in [1.54, 1.807) is 13.2 Å². The summed E-state index contributed by atoms with van der Waals surface area (Å²) in [5.74, 6) is 0.540. The van der Waals surface area contributed by atoms with Crippen molar-refractivity contribution >= 4 is 24.0 Å². The number of anilines is 1. The van der Waals surface area contributed by atoms with Crippen LogP contribution in [0.5, 0.6) is 0 Å². The molecular formula is C14H21ClN2O2. The molecule has 1 heterocycles. The Morgan fingerprint density at radius 1 is 1.53 bits per heavy atom. The third-order valence-corrected chi connectivity index (χ3v) is 3.47. The molecule has 0 spiro atoms. The van der Waals surface area contributed by atoms with Crippen LogP contribution in [0.1, 0.15) is 22.3 Å². The van der Waals surface area contributed by atoms with Crippen molar-refractivity contribution in [1.82, 2.24) is 4.90 Å². The van der Waals surface area contributed by atoms with Gasteiger partial charge in [0.15, 0.2) is 0 Å². The van der Waals surface area contributed by atoms with E-state index in [0.29, 0.717) is 17.2 Å². The Morgan fingerprint density at radius 2 is 2.26 bits per heavy atom. The number of benzene rings is 1. The predicted octanol–water partition coefficient (Wildman–Crippen LogP) is 2.11. The number of nitrogens with two attached hydrogens (primary N) is 1. The van der Waals surface area contributed by atoms with Crippen LogP contribution in [-0.4, -0.2) is 37.6 Å². The molecule has 0 aromatic heterocycles. The number of nitrogen functional groups attached to an aromatic ring is 1. The SMILES string of the molecule is COCC1CCN(C(=O)c2cc(N)ccc2C)C1.Cl. The second-order valence-corrected chi connectivity index (χ2v) is 4.94. The Kier molecular flexibility index (Phi) is 5.63. The molecule has 5 heteroatoms. The number of carbonyl (C=O) groups is 1. The second kappa shape index (κ2) is 6.78. The number of halogens is 1. The number of ether oxygens (including phenoxy) is 1. The van der Waals surface area contributed by atoms with Gasteiger partial charge < -0.3 is 15.4 Å². The van der Waals surface area contributed by atoms with Crippen LogP contribution in [0, 0.1) is 12.8 Å². The molecular weight excluding hydrogens is 264 g/mol. The summed E-state index contributed by atoms with van der Waals surface area (Å²) in [5.41, 5.74) is 8.08. The van der Waals surface area contributed by atoms with Crippen molar-refractivity contribution in [1.29, 1.82) is 0 Å². The van der Waals surface area contributed by atoms with Crippen LogP contribution in [0.4, 0.5) is 5.69 Å². The molecule has 1 atom stereocenters. The molecule has 1 amide bonds. The lowest BCUT2D eigenvalue weighted by Crippen LogP contribution is -2.29. The fourth-order valence-electron chi connectivity index (χ4n) is 2.43. The fraction of sp³-hybridized carbons (Fsp3) is 0.500. The minimum atomic E-state index is 0. The largest absolute Gasteiger partial charge is 0.399 e. The lowest BCUT2D eigenvalue weighted by atomic mass is 10.1. The third-order valence-electron chi connectivity index (χ3n) is 3.47. The van der Waals surface area contributed by atoms with E-state index in [4.69, 9.17) is 10.5 Å². The van der Waals surface area contributed by atoms with E-state index in [-0.39, 0.29) is 18.3 Å². The normalized spacial score (nSPS) is 18.2. The highest BCUT2D eigenvalue weighted by molar-refractivity contribution is 5.96. The topological polar surface area (TPSA) is 55.6 Å². The lowest BCUT2D eigenvalue weighted by Gasteiger charge is -2.18. The second-order valence-electron chi connectivity index (χ2n) is 4.94. The molecule has 2 N–H and O–H groups in total. The Morgan fingerprint density at radius 3 is 2.95 bits per heavy atom. The number of hydrogen-bond acceptors (Lipinski definition) is 3. The maximum absolute atomic E-state index is 12.4. The van der Waals surface area contributed by atoms with Crippen LogP contribution in [0.2, 0.25) is 0 Å². The summed E-state index contributed by atoms with van der Waals surface area (Å²) in [7, 11) is 1.70. The summed E-state index contributed by atoms with van der Waals surface area (Å²) in [4.78, 5) is 14.3. The van der Waals surface area contributed by atoms with Crippen molar-refractivity contribution in [2.24, 2.45) is 5.92 Å². The molecule has 0 bridgehead atoms. The third kappa shape index (κ3) is 3.61. The van der Waals surface area contributed by atoms with Gasteiger partial charge >= 0.3 is 0 Å². The van der Waals surface area contributed by atoms with Crippen molar-refractivity contribution in [3.05, 3.63) is 29.3 Å². The molecule has 1 aromatic carbocycles. The molecule has 0 aliphatic carbocycles. The molecule has 2 rings (SSSR count). The number of likely N-dealkylation sites (tertiary alicyclic amines) is 1. The standard InChI is InChI=1S/C14H20N2O2.ClH/c1-10-3-4-12(15)7-13(10)14(17)16-6-5-11(8-16)9-18-2;/h3-4,7,11H,5-6,8-9,15H2,1-2H3;1H. The minimum absolute atomic E-state index is 0. The molecule has 0 saturated carbocycles. The molecule has 1 aliphatic heterocycles. The maximum atomic E-state index is 12.4. The van der Waals surface area contributed by atoms with Gasteiger partial charge in [0.2, 0.25) is 0 Å². The van der Waals surface area contributed by atoms with Crippen molar-refractivity contribution in [3.63, 3.8) is 0 Å².